The Bertz CT molecular complexity index is 2580. The second-order valence-corrected chi connectivity index (χ2v) is 23.0. The summed E-state index contributed by atoms with van der Waals surface area (Å²) in [7, 11) is 0. The molecule has 6 aromatic carbocycles. The molecule has 71 heavy (non-hydrogen) atoms. The molecule has 0 spiro atoms. The number of halogens is 1. The van der Waals surface area contributed by atoms with Gasteiger partial charge in [-0.05, 0) is 94.5 Å². The molecule has 0 saturated carbocycles. The van der Waals surface area contributed by atoms with Crippen LogP contribution < -0.4 is 0 Å². The van der Waals surface area contributed by atoms with Gasteiger partial charge in [-0.2, -0.15) is 0 Å². The normalized spacial score (nSPS) is 13.0. The van der Waals surface area contributed by atoms with Gasteiger partial charge in [0.2, 0.25) is 0 Å². The lowest BCUT2D eigenvalue weighted by atomic mass is 9.87. The van der Waals surface area contributed by atoms with Crippen molar-refractivity contribution in [2.75, 3.05) is 6.61 Å². The Morgan fingerprint density at radius 3 is 1.34 bits per heavy atom. The highest BCUT2D eigenvalue weighted by molar-refractivity contribution is 9.10. The number of ether oxygens (including phenoxy) is 1. The molecule has 0 bridgehead atoms. The fraction of sp³-hybridized carbons (Fsp3) is 0.597. The van der Waals surface area contributed by atoms with E-state index in [2.05, 4.69) is 109 Å². The van der Waals surface area contributed by atoms with E-state index in [4.69, 9.17) is 4.74 Å². The first kappa shape index (κ1) is 55.1. The number of aromatic nitrogens is 1. The van der Waals surface area contributed by atoms with Crippen molar-refractivity contribution >= 4 is 76.0 Å². The summed E-state index contributed by atoms with van der Waals surface area (Å²) < 4.78 is 10.1. The fourth-order valence-corrected chi connectivity index (χ4v) is 12.9. The van der Waals surface area contributed by atoms with Crippen molar-refractivity contribution in [3.63, 3.8) is 0 Å². The maximum Gasteiger partial charge on any atom is 0.338 e. The molecule has 4 heteroatoms. The summed E-state index contributed by atoms with van der Waals surface area (Å²) in [4.78, 5) is 13.9. The Hall–Kier alpha value is -3.63. The molecule has 0 aliphatic heterocycles. The van der Waals surface area contributed by atoms with Gasteiger partial charge in [0.05, 0.1) is 23.2 Å². The van der Waals surface area contributed by atoms with Gasteiger partial charge >= 0.3 is 5.97 Å². The van der Waals surface area contributed by atoms with E-state index >= 15 is 0 Å². The van der Waals surface area contributed by atoms with Gasteiger partial charge in [-0.15, -0.1) is 0 Å². The number of carbonyl (C=O) groups excluding carboxylic acids is 1. The van der Waals surface area contributed by atoms with Gasteiger partial charge in [0.15, 0.2) is 0 Å². The predicted molar refractivity (Wildman–Crippen MR) is 315 cm³/mol. The van der Waals surface area contributed by atoms with Crippen molar-refractivity contribution in [2.45, 2.75) is 240 Å². The lowest BCUT2D eigenvalue weighted by molar-refractivity contribution is 0.0422. The van der Waals surface area contributed by atoms with Crippen LogP contribution in [0.1, 0.15) is 244 Å². The highest BCUT2D eigenvalue weighted by Crippen LogP contribution is 2.50. The van der Waals surface area contributed by atoms with E-state index in [1.54, 1.807) is 0 Å². The fourth-order valence-electron chi connectivity index (χ4n) is 12.3. The SMILES string of the molecule is CCCCCCCCCCCCC(CCCCCCCCCC)COC(=O)c1ccc(-c2cc3c4c5c2cccc5c2cccc5c(Br)cc(c4c52)n3CC(CCCCCC)CCCCCCCC)cc1. The molecule has 1 aromatic heterocycles. The van der Waals surface area contributed by atoms with Crippen molar-refractivity contribution in [1.82, 2.24) is 4.57 Å². The smallest absolute Gasteiger partial charge is 0.338 e. The van der Waals surface area contributed by atoms with Crippen LogP contribution in [0.15, 0.2) is 77.3 Å². The zero-order valence-corrected chi connectivity index (χ0v) is 46.9. The highest BCUT2D eigenvalue weighted by atomic mass is 79.9. The molecule has 1 heterocycles. The van der Waals surface area contributed by atoms with E-state index < -0.39 is 0 Å². The third-order valence-corrected chi connectivity index (χ3v) is 17.2. The first-order valence-corrected chi connectivity index (χ1v) is 30.7. The maximum atomic E-state index is 13.9. The van der Waals surface area contributed by atoms with Crippen molar-refractivity contribution in [3.05, 3.63) is 82.8 Å². The summed E-state index contributed by atoms with van der Waals surface area (Å²) in [5.74, 6) is 0.898. The molecule has 7 rings (SSSR count). The van der Waals surface area contributed by atoms with Gasteiger partial charge < -0.3 is 9.30 Å². The second-order valence-electron chi connectivity index (χ2n) is 22.2. The minimum absolute atomic E-state index is 0.181. The summed E-state index contributed by atoms with van der Waals surface area (Å²) in [5.41, 5.74) is 5.75. The van der Waals surface area contributed by atoms with E-state index in [0.29, 0.717) is 24.0 Å². The molecule has 0 aliphatic carbocycles. The topological polar surface area (TPSA) is 31.2 Å². The molecule has 0 radical (unpaired) electrons. The third kappa shape index (κ3) is 15.0. The molecule has 386 valence electrons. The van der Waals surface area contributed by atoms with Crippen LogP contribution in [-0.2, 0) is 11.3 Å². The Labute approximate surface area is 439 Å². The van der Waals surface area contributed by atoms with Crippen LogP contribution in [-0.4, -0.2) is 17.1 Å². The summed E-state index contributed by atoms with van der Waals surface area (Å²) in [6.45, 7) is 10.8. The lowest BCUT2D eigenvalue weighted by Gasteiger charge is -2.20. The molecular weight excluding hydrogens is 931 g/mol. The number of hydrogen-bond acceptors (Lipinski definition) is 2. The number of nitrogens with zero attached hydrogens (tertiary/aromatic N) is 1. The molecule has 7 aromatic rings. The molecule has 0 N–H and O–H groups in total. The maximum absolute atomic E-state index is 13.9. The molecule has 2 unspecified atom stereocenters. The van der Waals surface area contributed by atoms with Gasteiger partial charge in [0.1, 0.15) is 0 Å². The quantitative estimate of drug-likeness (QED) is 0.0167. The number of benzene rings is 6. The number of carbonyl (C=O) groups is 1. The number of fused-ring (bicyclic) bond motifs is 1. The molecule has 0 saturated heterocycles. The van der Waals surface area contributed by atoms with Crippen molar-refractivity contribution < 1.29 is 9.53 Å². The van der Waals surface area contributed by atoms with E-state index in [9.17, 15) is 4.79 Å². The number of hydrogen-bond donors (Lipinski definition) is 0. The number of unbranched alkanes of at least 4 members (excludes halogenated alkanes) is 24. The average Bonchev–Trinajstić information content (AvgIpc) is 3.70. The summed E-state index contributed by atoms with van der Waals surface area (Å²) in [6, 6.07) is 27.2. The van der Waals surface area contributed by atoms with Gasteiger partial charge in [-0.1, -0.05) is 272 Å². The van der Waals surface area contributed by atoms with Gasteiger partial charge in [0.25, 0.3) is 0 Å². The standard InChI is InChI=1S/C67H94BrNO2/c1-5-9-13-17-20-22-23-25-28-32-38-52(37-31-27-24-21-18-14-10-6-2)50-71-67(70)54-45-43-53(44-46-54)59-47-61-65-63-55(39-33-41-57(59)63)56-40-34-42-58-60(68)48-62(66(65)64(56)58)69(61)49-51(35-29-16-12-8-4)36-30-26-19-15-11-7-3/h33-34,39-48,51-52H,5-32,35-38,49-50H2,1-4H3. The zero-order valence-electron chi connectivity index (χ0n) is 45.3. The molecule has 3 nitrogen and oxygen atoms in total. The monoisotopic (exact) mass is 1020 g/mol. The molecule has 2 atom stereocenters. The van der Waals surface area contributed by atoms with Gasteiger partial charge in [-0.3, -0.25) is 0 Å². The van der Waals surface area contributed by atoms with Crippen LogP contribution in [0, 0.1) is 11.8 Å². The molecular formula is C67H94BrNO2. The average molecular weight is 1030 g/mol. The van der Waals surface area contributed by atoms with Crippen LogP contribution in [0.2, 0.25) is 0 Å². The Morgan fingerprint density at radius 2 is 0.845 bits per heavy atom. The summed E-state index contributed by atoms with van der Waals surface area (Å²) in [6.07, 6.45) is 42.4. The molecule has 0 amide bonds. The minimum atomic E-state index is -0.181. The Balaban J connectivity index is 1.11. The first-order valence-electron chi connectivity index (χ1n) is 29.9. The van der Waals surface area contributed by atoms with E-state index in [-0.39, 0.29) is 5.97 Å². The summed E-state index contributed by atoms with van der Waals surface area (Å²) in [5, 5.41) is 10.8. The third-order valence-electron chi connectivity index (χ3n) is 16.5. The number of rotatable bonds is 38. The van der Waals surface area contributed by atoms with Crippen LogP contribution in [0.3, 0.4) is 0 Å². The highest BCUT2D eigenvalue weighted by Gasteiger charge is 2.26. The predicted octanol–water partition coefficient (Wildman–Crippen LogP) is 22.5. The first-order chi connectivity index (χ1) is 35.0. The van der Waals surface area contributed by atoms with Crippen LogP contribution in [0.25, 0.3) is 65.3 Å². The lowest BCUT2D eigenvalue weighted by Crippen LogP contribution is -2.15. The van der Waals surface area contributed by atoms with Gasteiger partial charge in [0, 0.05) is 32.6 Å². The van der Waals surface area contributed by atoms with Crippen LogP contribution >= 0.6 is 15.9 Å². The van der Waals surface area contributed by atoms with E-state index in [0.717, 1.165) is 12.1 Å². The zero-order chi connectivity index (χ0) is 49.6. The van der Waals surface area contributed by atoms with Crippen molar-refractivity contribution in [3.8, 4) is 11.1 Å². The Kier molecular flexibility index (Phi) is 23.2. The Morgan fingerprint density at radius 1 is 0.451 bits per heavy atom. The van der Waals surface area contributed by atoms with Gasteiger partial charge in [-0.25, -0.2) is 4.79 Å². The summed E-state index contributed by atoms with van der Waals surface area (Å²) >= 11 is 4.09. The minimum Gasteiger partial charge on any atom is -0.462 e. The number of esters is 1. The molecule has 0 aliphatic rings. The second kappa shape index (κ2) is 29.9. The van der Waals surface area contributed by atoms with Crippen LogP contribution in [0.5, 0.6) is 0 Å². The van der Waals surface area contributed by atoms with Crippen molar-refractivity contribution in [1.29, 1.82) is 0 Å². The van der Waals surface area contributed by atoms with E-state index in [1.165, 1.54) is 270 Å². The largest absolute Gasteiger partial charge is 0.462 e. The van der Waals surface area contributed by atoms with Crippen molar-refractivity contribution in [2.24, 2.45) is 11.8 Å². The van der Waals surface area contributed by atoms with Crippen LogP contribution in [0.4, 0.5) is 0 Å². The van der Waals surface area contributed by atoms with E-state index in [1.807, 2.05) is 12.1 Å². The molecule has 0 fully saturated rings.